The number of hydrogen-bond acceptors (Lipinski definition) is 3. The second-order valence-corrected chi connectivity index (χ2v) is 3.86. The smallest absolute Gasteiger partial charge is 0.467 e. The van der Waals surface area contributed by atoms with Crippen LogP contribution in [0.15, 0.2) is 41.0 Å². The fraction of sp³-hybridized carbons (Fsp3) is 0.231. The molecule has 0 aliphatic rings. The van der Waals surface area contributed by atoms with E-state index in [1.54, 1.807) is 31.5 Å². The molecule has 1 heterocycles. The molecule has 0 aliphatic heterocycles. The average Bonchev–Trinajstić information content (AvgIpc) is 2.77. The summed E-state index contributed by atoms with van der Waals surface area (Å²) < 4.78 is 45.2. The zero-order valence-corrected chi connectivity index (χ0v) is 10.1. The highest BCUT2D eigenvalue weighted by Gasteiger charge is 2.30. The Morgan fingerprint density at radius 3 is 2.42 bits per heavy atom. The number of halogens is 3. The molecule has 19 heavy (non-hydrogen) atoms. The Morgan fingerprint density at radius 2 is 1.84 bits per heavy atom. The summed E-state index contributed by atoms with van der Waals surface area (Å²) in [6, 6.07) is 7.44. The first-order chi connectivity index (χ1) is 8.99. The molecule has 1 N–H and O–H groups in total. The summed E-state index contributed by atoms with van der Waals surface area (Å²) in [4.78, 5) is 0. The van der Waals surface area contributed by atoms with Crippen molar-refractivity contribution in [2.24, 2.45) is 0 Å². The van der Waals surface area contributed by atoms with E-state index in [2.05, 4.69) is 10.1 Å². The highest BCUT2D eigenvalue weighted by atomic mass is 19.4. The van der Waals surface area contributed by atoms with Gasteiger partial charge in [-0.3, -0.25) is 0 Å². The lowest BCUT2D eigenvalue weighted by molar-refractivity contribution is -0.274. The van der Waals surface area contributed by atoms with Crippen molar-refractivity contribution in [2.75, 3.05) is 7.05 Å². The van der Waals surface area contributed by atoms with E-state index in [4.69, 9.17) is 4.42 Å². The van der Waals surface area contributed by atoms with Gasteiger partial charge in [0.25, 0.3) is 0 Å². The van der Waals surface area contributed by atoms with Crippen LogP contribution in [0.3, 0.4) is 0 Å². The monoisotopic (exact) mass is 271 g/mol. The molecule has 0 radical (unpaired) electrons. The minimum Gasteiger partial charge on any atom is -0.467 e. The molecule has 6 heteroatoms. The summed E-state index contributed by atoms with van der Waals surface area (Å²) in [5.74, 6) is 0.488. The molecule has 102 valence electrons. The summed E-state index contributed by atoms with van der Waals surface area (Å²) in [6.45, 7) is 0.545. The molecule has 0 amide bonds. The zero-order valence-electron chi connectivity index (χ0n) is 10.1. The highest BCUT2D eigenvalue weighted by Crippen LogP contribution is 2.28. The fourth-order valence-corrected chi connectivity index (χ4v) is 1.73. The first kappa shape index (κ1) is 13.5. The van der Waals surface area contributed by atoms with Crippen molar-refractivity contribution in [1.29, 1.82) is 0 Å². The summed E-state index contributed by atoms with van der Waals surface area (Å²) >= 11 is 0. The van der Waals surface area contributed by atoms with Crippen LogP contribution in [0.1, 0.15) is 5.76 Å². The molecule has 0 fully saturated rings. The van der Waals surface area contributed by atoms with Gasteiger partial charge in [0.15, 0.2) is 0 Å². The standard InChI is InChI=1S/C13H12F3NO2/c1-17-8-12-11(6-7-18-12)9-2-4-10(5-3-9)19-13(14,15)16/h2-7,17H,8H2,1H3. The number of rotatable bonds is 4. The summed E-state index contributed by atoms with van der Waals surface area (Å²) in [5.41, 5.74) is 1.61. The minimum absolute atomic E-state index is 0.241. The molecule has 0 unspecified atom stereocenters. The molecule has 3 nitrogen and oxygen atoms in total. The number of ether oxygens (including phenoxy) is 1. The van der Waals surface area contributed by atoms with Gasteiger partial charge in [0.05, 0.1) is 12.8 Å². The van der Waals surface area contributed by atoms with Crippen LogP contribution in [-0.4, -0.2) is 13.4 Å². The zero-order chi connectivity index (χ0) is 13.9. The van der Waals surface area contributed by atoms with Gasteiger partial charge in [-0.2, -0.15) is 0 Å². The van der Waals surface area contributed by atoms with Crippen LogP contribution in [0.4, 0.5) is 13.2 Å². The molecule has 2 rings (SSSR count). The SMILES string of the molecule is CNCc1occc1-c1ccc(OC(F)(F)F)cc1. The Bertz CT molecular complexity index is 532. The second kappa shape index (κ2) is 5.36. The first-order valence-corrected chi connectivity index (χ1v) is 5.57. The predicted octanol–water partition coefficient (Wildman–Crippen LogP) is 3.56. The summed E-state index contributed by atoms with van der Waals surface area (Å²) in [5, 5.41) is 2.96. The molecule has 0 spiro atoms. The highest BCUT2D eigenvalue weighted by molar-refractivity contribution is 5.66. The van der Waals surface area contributed by atoms with E-state index < -0.39 is 6.36 Å². The van der Waals surface area contributed by atoms with Crippen molar-refractivity contribution in [1.82, 2.24) is 5.32 Å². The average molecular weight is 271 g/mol. The van der Waals surface area contributed by atoms with E-state index in [9.17, 15) is 13.2 Å². The van der Waals surface area contributed by atoms with Gasteiger partial charge in [-0.25, -0.2) is 0 Å². The van der Waals surface area contributed by atoms with Crippen LogP contribution in [0.5, 0.6) is 5.75 Å². The maximum atomic E-state index is 12.0. The lowest BCUT2D eigenvalue weighted by Gasteiger charge is -2.09. The number of furan rings is 1. The molecule has 1 aromatic carbocycles. The molecule has 0 bridgehead atoms. The van der Waals surface area contributed by atoms with Gasteiger partial charge in [0.2, 0.25) is 0 Å². The topological polar surface area (TPSA) is 34.4 Å². The lowest BCUT2D eigenvalue weighted by Crippen LogP contribution is -2.16. The molecule has 2 aromatic rings. The number of benzene rings is 1. The lowest BCUT2D eigenvalue weighted by atomic mass is 10.1. The van der Waals surface area contributed by atoms with Gasteiger partial charge in [-0.1, -0.05) is 12.1 Å². The normalized spacial score (nSPS) is 11.6. The predicted molar refractivity (Wildman–Crippen MR) is 63.6 cm³/mol. The molecule has 0 atom stereocenters. The number of nitrogens with one attached hydrogen (secondary N) is 1. The molecule has 0 aliphatic carbocycles. The number of hydrogen-bond donors (Lipinski definition) is 1. The van der Waals surface area contributed by atoms with Crippen molar-refractivity contribution in [2.45, 2.75) is 12.9 Å². The van der Waals surface area contributed by atoms with E-state index in [0.717, 1.165) is 16.9 Å². The van der Waals surface area contributed by atoms with E-state index in [1.807, 2.05) is 0 Å². The van der Waals surface area contributed by atoms with Gasteiger partial charge < -0.3 is 14.5 Å². The Balaban J connectivity index is 2.20. The van der Waals surface area contributed by atoms with Crippen LogP contribution in [0.2, 0.25) is 0 Å². The van der Waals surface area contributed by atoms with Gasteiger partial charge in [0, 0.05) is 5.56 Å². The third kappa shape index (κ3) is 3.51. The third-order valence-electron chi connectivity index (χ3n) is 2.48. The third-order valence-corrected chi connectivity index (χ3v) is 2.48. The molecular weight excluding hydrogens is 259 g/mol. The largest absolute Gasteiger partial charge is 0.573 e. The van der Waals surface area contributed by atoms with Crippen molar-refractivity contribution >= 4 is 0 Å². The van der Waals surface area contributed by atoms with Gasteiger partial charge >= 0.3 is 6.36 Å². The van der Waals surface area contributed by atoms with Crippen molar-refractivity contribution < 1.29 is 22.3 Å². The summed E-state index contributed by atoms with van der Waals surface area (Å²) in [7, 11) is 1.78. The second-order valence-electron chi connectivity index (χ2n) is 3.86. The van der Waals surface area contributed by atoms with E-state index in [0.29, 0.717) is 6.54 Å². The number of alkyl halides is 3. The van der Waals surface area contributed by atoms with Crippen LogP contribution in [0, 0.1) is 0 Å². The van der Waals surface area contributed by atoms with E-state index in [1.165, 1.54) is 12.1 Å². The molecule has 1 aromatic heterocycles. The van der Waals surface area contributed by atoms with Crippen molar-refractivity contribution in [3.8, 4) is 16.9 Å². The fourth-order valence-electron chi connectivity index (χ4n) is 1.73. The Labute approximate surface area is 108 Å². The maximum absolute atomic E-state index is 12.0. The Hall–Kier alpha value is -1.95. The van der Waals surface area contributed by atoms with Crippen LogP contribution in [-0.2, 0) is 6.54 Å². The van der Waals surface area contributed by atoms with Crippen LogP contribution < -0.4 is 10.1 Å². The van der Waals surface area contributed by atoms with Crippen LogP contribution >= 0.6 is 0 Å². The molecule has 0 saturated heterocycles. The van der Waals surface area contributed by atoms with Crippen LogP contribution in [0.25, 0.3) is 11.1 Å². The van der Waals surface area contributed by atoms with Crippen molar-refractivity contribution in [3.63, 3.8) is 0 Å². The van der Waals surface area contributed by atoms with Gasteiger partial charge in [-0.15, -0.1) is 13.2 Å². The maximum Gasteiger partial charge on any atom is 0.573 e. The van der Waals surface area contributed by atoms with Crippen molar-refractivity contribution in [3.05, 3.63) is 42.4 Å². The van der Waals surface area contributed by atoms with Gasteiger partial charge in [-0.05, 0) is 30.8 Å². The Morgan fingerprint density at radius 1 is 1.16 bits per heavy atom. The first-order valence-electron chi connectivity index (χ1n) is 5.57. The summed E-state index contributed by atoms with van der Waals surface area (Å²) in [6.07, 6.45) is -3.13. The minimum atomic E-state index is -4.67. The molecular formula is C13H12F3NO2. The Kier molecular flexibility index (Phi) is 3.80. The van der Waals surface area contributed by atoms with E-state index >= 15 is 0 Å². The van der Waals surface area contributed by atoms with Gasteiger partial charge in [0.1, 0.15) is 11.5 Å². The molecule has 0 saturated carbocycles. The quantitative estimate of drug-likeness (QED) is 0.923. The van der Waals surface area contributed by atoms with E-state index in [-0.39, 0.29) is 5.75 Å².